The predicted molar refractivity (Wildman–Crippen MR) is 113 cm³/mol. The molecule has 0 radical (unpaired) electrons. The van der Waals surface area contributed by atoms with Gasteiger partial charge in [0.2, 0.25) is 11.8 Å². The minimum Gasteiger partial charge on any atom is -0.348 e. The summed E-state index contributed by atoms with van der Waals surface area (Å²) in [5.74, 6) is -1.26. The number of halogens is 2. The number of carbonyl (C=O) groups excluding carboxylic acids is 2. The molecule has 1 aromatic heterocycles. The largest absolute Gasteiger partial charge is 0.348 e. The highest BCUT2D eigenvalue weighted by molar-refractivity contribution is 5.91. The summed E-state index contributed by atoms with van der Waals surface area (Å²) >= 11 is 0. The number of alkyl halides is 1. The highest BCUT2D eigenvalue weighted by atomic mass is 19.1. The molecule has 1 aromatic carbocycles. The Bertz CT molecular complexity index is 932. The molecule has 31 heavy (non-hydrogen) atoms. The molecule has 0 spiro atoms. The van der Waals surface area contributed by atoms with E-state index in [4.69, 9.17) is 5.73 Å². The van der Waals surface area contributed by atoms with Gasteiger partial charge in [-0.2, -0.15) is 5.10 Å². The Hall–Kier alpha value is -2.81. The lowest BCUT2D eigenvalue weighted by atomic mass is 10.00. The Morgan fingerprint density at radius 2 is 1.94 bits per heavy atom. The average molecular weight is 434 g/mol. The molecule has 7 nitrogen and oxygen atoms in total. The summed E-state index contributed by atoms with van der Waals surface area (Å²) in [4.78, 5) is 26.8. The van der Waals surface area contributed by atoms with Gasteiger partial charge in [-0.25, -0.2) is 8.78 Å². The summed E-state index contributed by atoms with van der Waals surface area (Å²) in [6.45, 7) is 4.71. The monoisotopic (exact) mass is 433 g/mol. The van der Waals surface area contributed by atoms with E-state index < -0.39 is 29.5 Å². The van der Waals surface area contributed by atoms with Crippen LogP contribution < -0.4 is 11.1 Å². The highest BCUT2D eigenvalue weighted by Crippen LogP contribution is 2.26. The molecule has 3 atom stereocenters. The summed E-state index contributed by atoms with van der Waals surface area (Å²) < 4.78 is 29.5. The number of hydrogen-bond donors (Lipinski definition) is 2. The van der Waals surface area contributed by atoms with E-state index in [1.165, 1.54) is 23.4 Å². The van der Waals surface area contributed by atoms with E-state index in [1.54, 1.807) is 19.2 Å². The number of benzene rings is 1. The molecule has 1 aliphatic rings. The Labute approximate surface area is 180 Å². The smallest absolute Gasteiger partial charge is 0.243 e. The molecule has 2 aromatic rings. The number of nitrogens with zero attached hydrogens (tertiary/aromatic N) is 3. The zero-order valence-electron chi connectivity index (χ0n) is 18.2. The van der Waals surface area contributed by atoms with E-state index in [9.17, 15) is 18.4 Å². The molecule has 0 saturated carbocycles. The van der Waals surface area contributed by atoms with Crippen LogP contribution in [0.5, 0.6) is 0 Å². The summed E-state index contributed by atoms with van der Waals surface area (Å²) in [6.07, 6.45) is 2.32. The zero-order chi connectivity index (χ0) is 22.9. The lowest BCUT2D eigenvalue weighted by molar-refractivity contribution is -0.141. The molecule has 3 unspecified atom stereocenters. The van der Waals surface area contributed by atoms with E-state index in [0.29, 0.717) is 30.6 Å². The lowest BCUT2D eigenvalue weighted by Crippen LogP contribution is -2.56. The van der Waals surface area contributed by atoms with Crippen LogP contribution in [0.25, 0.3) is 11.3 Å². The second-order valence-electron chi connectivity index (χ2n) is 8.55. The van der Waals surface area contributed by atoms with Crippen LogP contribution >= 0.6 is 0 Å². The maximum absolute atomic E-state index is 14.1. The van der Waals surface area contributed by atoms with Crippen molar-refractivity contribution in [2.45, 2.75) is 57.4 Å². The van der Waals surface area contributed by atoms with Crippen molar-refractivity contribution in [3.8, 4) is 11.3 Å². The standard InChI is InChI=1S/C22H29F2N5O2/c1-13(14-7-9-15(10-8-14)18-16(23)12-26-28(18)4)27-20(30)17-6-5-11-29(17)21(31)19(25)22(2,3)24/h7-10,12-13,17,19H,5-6,11,25H2,1-4H3,(H,27,30). The first-order valence-electron chi connectivity index (χ1n) is 10.3. The molecule has 9 heteroatoms. The van der Waals surface area contributed by atoms with Crippen LogP contribution in [0.2, 0.25) is 0 Å². The topological polar surface area (TPSA) is 93.2 Å². The molecular weight excluding hydrogens is 404 g/mol. The predicted octanol–water partition coefficient (Wildman–Crippen LogP) is 2.47. The van der Waals surface area contributed by atoms with Gasteiger partial charge in [-0.3, -0.25) is 14.3 Å². The normalized spacial score (nSPS) is 18.7. The number of likely N-dealkylation sites (tertiary alicyclic amines) is 1. The van der Waals surface area contributed by atoms with E-state index >= 15 is 0 Å². The molecule has 2 heterocycles. The van der Waals surface area contributed by atoms with Crippen LogP contribution in [0.15, 0.2) is 30.5 Å². The first kappa shape index (κ1) is 22.9. The maximum atomic E-state index is 14.1. The van der Waals surface area contributed by atoms with Crippen molar-refractivity contribution in [2.24, 2.45) is 12.8 Å². The number of carbonyl (C=O) groups is 2. The second kappa shape index (κ2) is 8.74. The number of nitrogens with two attached hydrogens (primary N) is 1. The summed E-state index contributed by atoms with van der Waals surface area (Å²) in [6, 6.07) is 4.83. The van der Waals surface area contributed by atoms with Gasteiger partial charge in [0.25, 0.3) is 0 Å². The molecule has 168 valence electrons. The molecule has 3 rings (SSSR count). The summed E-state index contributed by atoms with van der Waals surface area (Å²) in [5, 5.41) is 6.82. The SMILES string of the molecule is CC(NC(=O)C1CCCN1C(=O)C(N)C(C)(C)F)c1ccc(-c2c(F)cnn2C)cc1. The van der Waals surface area contributed by atoms with Crippen LogP contribution in [0.3, 0.4) is 0 Å². The van der Waals surface area contributed by atoms with Gasteiger partial charge in [-0.15, -0.1) is 0 Å². The first-order valence-corrected chi connectivity index (χ1v) is 10.3. The van der Waals surface area contributed by atoms with Gasteiger partial charge in [0.05, 0.1) is 12.2 Å². The Morgan fingerprint density at radius 1 is 1.29 bits per heavy atom. The molecular formula is C22H29F2N5O2. The fraction of sp³-hybridized carbons (Fsp3) is 0.500. The van der Waals surface area contributed by atoms with Crippen LogP contribution in [-0.4, -0.2) is 50.8 Å². The average Bonchev–Trinajstić information content (AvgIpc) is 3.33. The van der Waals surface area contributed by atoms with Crippen molar-refractivity contribution in [3.05, 3.63) is 41.8 Å². The molecule has 1 saturated heterocycles. The van der Waals surface area contributed by atoms with E-state index in [1.807, 2.05) is 19.1 Å². The van der Waals surface area contributed by atoms with Gasteiger partial charge in [0.15, 0.2) is 5.82 Å². The minimum absolute atomic E-state index is 0.302. The second-order valence-corrected chi connectivity index (χ2v) is 8.55. The number of aromatic nitrogens is 2. The quantitative estimate of drug-likeness (QED) is 0.732. The number of rotatable bonds is 6. The molecule has 1 fully saturated rings. The number of hydrogen-bond acceptors (Lipinski definition) is 4. The zero-order valence-corrected chi connectivity index (χ0v) is 18.2. The van der Waals surface area contributed by atoms with Crippen molar-refractivity contribution in [2.75, 3.05) is 6.54 Å². The molecule has 0 aliphatic carbocycles. The van der Waals surface area contributed by atoms with Crippen molar-refractivity contribution < 1.29 is 18.4 Å². The van der Waals surface area contributed by atoms with Crippen LogP contribution in [0, 0.1) is 5.82 Å². The minimum atomic E-state index is -1.87. The van der Waals surface area contributed by atoms with Crippen molar-refractivity contribution >= 4 is 11.8 Å². The molecule has 1 aliphatic heterocycles. The van der Waals surface area contributed by atoms with Crippen molar-refractivity contribution in [3.63, 3.8) is 0 Å². The third-order valence-corrected chi connectivity index (χ3v) is 5.78. The van der Waals surface area contributed by atoms with E-state index in [0.717, 1.165) is 11.8 Å². The first-order chi connectivity index (χ1) is 14.5. The van der Waals surface area contributed by atoms with E-state index in [-0.39, 0.29) is 11.9 Å². The number of nitrogens with one attached hydrogen (secondary N) is 1. The van der Waals surface area contributed by atoms with Crippen LogP contribution in [-0.2, 0) is 16.6 Å². The summed E-state index contributed by atoms with van der Waals surface area (Å²) in [5.41, 5.74) is 5.79. The third-order valence-electron chi connectivity index (χ3n) is 5.78. The maximum Gasteiger partial charge on any atom is 0.243 e. The Morgan fingerprint density at radius 3 is 2.48 bits per heavy atom. The lowest BCUT2D eigenvalue weighted by Gasteiger charge is -2.31. The fourth-order valence-electron chi connectivity index (χ4n) is 3.83. The van der Waals surface area contributed by atoms with Gasteiger partial charge >= 0.3 is 0 Å². The van der Waals surface area contributed by atoms with Gasteiger partial charge in [0, 0.05) is 19.2 Å². The van der Waals surface area contributed by atoms with Crippen molar-refractivity contribution in [1.82, 2.24) is 20.0 Å². The van der Waals surface area contributed by atoms with Crippen LogP contribution in [0.4, 0.5) is 8.78 Å². The number of aryl methyl sites for hydroxylation is 1. The fourth-order valence-corrected chi connectivity index (χ4v) is 3.83. The van der Waals surface area contributed by atoms with E-state index in [2.05, 4.69) is 10.4 Å². The van der Waals surface area contributed by atoms with Gasteiger partial charge < -0.3 is 16.0 Å². The Balaban J connectivity index is 1.68. The van der Waals surface area contributed by atoms with Gasteiger partial charge in [-0.1, -0.05) is 24.3 Å². The van der Waals surface area contributed by atoms with Crippen molar-refractivity contribution in [1.29, 1.82) is 0 Å². The van der Waals surface area contributed by atoms with Gasteiger partial charge in [0.1, 0.15) is 23.4 Å². The molecule has 3 N–H and O–H groups in total. The third kappa shape index (κ3) is 4.76. The summed E-state index contributed by atoms with van der Waals surface area (Å²) in [7, 11) is 1.67. The molecule has 0 bridgehead atoms. The highest BCUT2D eigenvalue weighted by Gasteiger charge is 2.41. The van der Waals surface area contributed by atoms with Gasteiger partial charge in [-0.05, 0) is 39.2 Å². The number of amides is 2. The molecule has 2 amide bonds. The Kier molecular flexibility index (Phi) is 6.45. The van der Waals surface area contributed by atoms with Crippen LogP contribution in [0.1, 0.15) is 45.2 Å².